The van der Waals surface area contributed by atoms with Crippen LogP contribution in [0.1, 0.15) is 25.0 Å². The largest absolute Gasteiger partial charge is 0.480 e. The molecule has 1 aromatic rings. The second-order valence-corrected chi connectivity index (χ2v) is 5.11. The molecule has 130 valence electrons. The molecule has 0 spiro atoms. The molecule has 1 heterocycles. The lowest BCUT2D eigenvalue weighted by atomic mass is 9.91. The number of carbonyl (C=O) groups excluding carboxylic acids is 2. The van der Waals surface area contributed by atoms with Crippen LogP contribution in [0.4, 0.5) is 4.79 Å². The molecule has 0 saturated carbocycles. The zero-order valence-corrected chi connectivity index (χ0v) is 14.0. The predicted octanol–water partition coefficient (Wildman–Crippen LogP) is 1.33. The summed E-state index contributed by atoms with van der Waals surface area (Å²) in [5.74, 6) is -1.85. The van der Waals surface area contributed by atoms with Crippen molar-refractivity contribution in [1.29, 1.82) is 0 Å². The van der Waals surface area contributed by atoms with Gasteiger partial charge in [0.15, 0.2) is 0 Å². The number of hydrogen-bond acceptors (Lipinski definition) is 5. The fourth-order valence-corrected chi connectivity index (χ4v) is 2.25. The number of benzene rings is 1. The number of nitrogens with zero attached hydrogens (tertiary/aromatic N) is 2. The van der Waals surface area contributed by atoms with E-state index in [2.05, 4.69) is 10.5 Å². The molecule has 1 aliphatic rings. The maximum atomic E-state index is 12.4. The molecule has 0 bridgehead atoms. The lowest BCUT2D eigenvalue weighted by molar-refractivity contribution is -0.142. The highest BCUT2D eigenvalue weighted by atomic mass is 35.5. The van der Waals surface area contributed by atoms with Crippen LogP contribution < -0.4 is 5.32 Å². The van der Waals surface area contributed by atoms with E-state index in [-0.39, 0.29) is 12.4 Å². The molecule has 1 aromatic carbocycles. The Bertz CT molecular complexity index is 662. The van der Waals surface area contributed by atoms with Crippen molar-refractivity contribution in [3.8, 4) is 0 Å². The highest BCUT2D eigenvalue weighted by Gasteiger charge is 2.49. The van der Waals surface area contributed by atoms with Crippen LogP contribution in [-0.4, -0.2) is 47.3 Å². The Morgan fingerprint density at radius 1 is 1.38 bits per heavy atom. The van der Waals surface area contributed by atoms with Gasteiger partial charge in [0.1, 0.15) is 18.7 Å². The van der Waals surface area contributed by atoms with Crippen LogP contribution in [0.25, 0.3) is 0 Å². The van der Waals surface area contributed by atoms with Gasteiger partial charge in [0.2, 0.25) is 0 Å². The number of aliphatic carboxylic acids is 1. The van der Waals surface area contributed by atoms with Crippen LogP contribution in [-0.2, 0) is 20.0 Å². The SMILES string of the molecule is CCON=Cc1ccc([C@@]2(C)NC(=O)N(CC(=O)O)C2=O)cc1.Cl. The number of amides is 3. The monoisotopic (exact) mass is 355 g/mol. The Hall–Kier alpha value is -2.61. The van der Waals surface area contributed by atoms with Crippen LogP contribution in [0.15, 0.2) is 29.4 Å². The summed E-state index contributed by atoms with van der Waals surface area (Å²) in [5, 5.41) is 15.1. The second kappa shape index (κ2) is 7.78. The average Bonchev–Trinajstić information content (AvgIpc) is 2.72. The highest BCUT2D eigenvalue weighted by Crippen LogP contribution is 2.28. The fraction of sp³-hybridized carbons (Fsp3) is 0.333. The number of urea groups is 1. The Morgan fingerprint density at radius 2 is 2.00 bits per heavy atom. The zero-order chi connectivity index (χ0) is 17.0. The number of halogens is 1. The van der Waals surface area contributed by atoms with Gasteiger partial charge in [0.05, 0.1) is 6.21 Å². The van der Waals surface area contributed by atoms with Crippen LogP contribution in [0.5, 0.6) is 0 Å². The maximum Gasteiger partial charge on any atom is 0.325 e. The van der Waals surface area contributed by atoms with E-state index in [1.54, 1.807) is 31.2 Å². The van der Waals surface area contributed by atoms with E-state index in [9.17, 15) is 14.4 Å². The molecule has 1 fully saturated rings. The van der Waals surface area contributed by atoms with Crippen molar-refractivity contribution in [3.63, 3.8) is 0 Å². The predicted molar refractivity (Wildman–Crippen MR) is 88.1 cm³/mol. The minimum atomic E-state index is -1.29. The third-order valence-electron chi connectivity index (χ3n) is 3.46. The van der Waals surface area contributed by atoms with E-state index in [0.717, 1.165) is 5.56 Å². The summed E-state index contributed by atoms with van der Waals surface area (Å²) in [4.78, 5) is 40.6. The molecule has 1 saturated heterocycles. The van der Waals surface area contributed by atoms with Gasteiger partial charge in [-0.2, -0.15) is 0 Å². The smallest absolute Gasteiger partial charge is 0.325 e. The molecule has 8 nitrogen and oxygen atoms in total. The molecular weight excluding hydrogens is 338 g/mol. The Morgan fingerprint density at radius 3 is 2.54 bits per heavy atom. The molecule has 0 unspecified atom stereocenters. The van der Waals surface area contributed by atoms with Crippen LogP contribution >= 0.6 is 12.4 Å². The van der Waals surface area contributed by atoms with Gasteiger partial charge in [-0.05, 0) is 25.0 Å². The molecule has 2 rings (SSSR count). The van der Waals surface area contributed by atoms with Gasteiger partial charge >= 0.3 is 12.0 Å². The van der Waals surface area contributed by atoms with Crippen molar-refractivity contribution in [3.05, 3.63) is 35.4 Å². The summed E-state index contributed by atoms with van der Waals surface area (Å²) in [7, 11) is 0. The van der Waals surface area contributed by atoms with Crippen molar-refractivity contribution in [2.45, 2.75) is 19.4 Å². The molecule has 1 atom stereocenters. The van der Waals surface area contributed by atoms with E-state index >= 15 is 0 Å². The van der Waals surface area contributed by atoms with Gasteiger partial charge in [-0.3, -0.25) is 14.5 Å². The van der Waals surface area contributed by atoms with Crippen molar-refractivity contribution < 1.29 is 24.3 Å². The minimum absolute atomic E-state index is 0. The molecule has 3 amide bonds. The molecule has 0 aliphatic carbocycles. The number of carboxylic acids is 1. The zero-order valence-electron chi connectivity index (χ0n) is 13.2. The topological polar surface area (TPSA) is 108 Å². The van der Waals surface area contributed by atoms with Gasteiger partial charge in [0, 0.05) is 0 Å². The Kier molecular flexibility index (Phi) is 6.30. The summed E-state index contributed by atoms with van der Waals surface area (Å²) in [6, 6.07) is 6.08. The Labute approximate surface area is 144 Å². The first-order valence-electron chi connectivity index (χ1n) is 7.00. The van der Waals surface area contributed by atoms with Gasteiger partial charge in [-0.1, -0.05) is 29.4 Å². The molecule has 2 N–H and O–H groups in total. The van der Waals surface area contributed by atoms with Crippen molar-refractivity contribution in [1.82, 2.24) is 10.2 Å². The normalized spacial score (nSPS) is 20.0. The van der Waals surface area contributed by atoms with Crippen LogP contribution in [0, 0.1) is 0 Å². The van der Waals surface area contributed by atoms with Gasteiger partial charge in [-0.25, -0.2) is 4.79 Å². The molecule has 1 aliphatic heterocycles. The first-order chi connectivity index (χ1) is 10.9. The van der Waals surface area contributed by atoms with Gasteiger partial charge in [0.25, 0.3) is 5.91 Å². The molecule has 24 heavy (non-hydrogen) atoms. The van der Waals surface area contributed by atoms with Crippen molar-refractivity contribution in [2.75, 3.05) is 13.2 Å². The van der Waals surface area contributed by atoms with Gasteiger partial charge in [-0.15, -0.1) is 12.4 Å². The number of carbonyl (C=O) groups is 3. The molecular formula is C15H18ClN3O5. The van der Waals surface area contributed by atoms with Gasteiger partial charge < -0.3 is 15.3 Å². The quantitative estimate of drug-likeness (QED) is 0.454. The van der Waals surface area contributed by atoms with Crippen molar-refractivity contribution >= 4 is 36.5 Å². The standard InChI is InChI=1S/C15H17N3O5.ClH/c1-3-23-16-8-10-4-6-11(7-5-10)15(2)13(21)18(9-12(19)20)14(22)17-15;/h4-8H,3,9H2,1-2H3,(H,17,22)(H,19,20);1H/t15-;/m1./s1. The average molecular weight is 356 g/mol. The van der Waals surface area contributed by atoms with Crippen molar-refractivity contribution in [2.24, 2.45) is 5.16 Å². The number of nitrogens with one attached hydrogen (secondary N) is 1. The van der Waals surface area contributed by atoms with E-state index in [0.29, 0.717) is 17.1 Å². The summed E-state index contributed by atoms with van der Waals surface area (Å²) in [5.41, 5.74) is 0.0320. The van der Waals surface area contributed by atoms with E-state index < -0.39 is 30.0 Å². The molecule has 0 aromatic heterocycles. The van der Waals surface area contributed by atoms with Crippen LogP contribution in [0.3, 0.4) is 0 Å². The first-order valence-corrected chi connectivity index (χ1v) is 7.00. The number of rotatable bonds is 6. The lowest BCUT2D eigenvalue weighted by Gasteiger charge is -2.22. The highest BCUT2D eigenvalue weighted by molar-refractivity contribution is 6.08. The summed E-state index contributed by atoms with van der Waals surface area (Å²) < 4.78 is 0. The second-order valence-electron chi connectivity index (χ2n) is 5.11. The summed E-state index contributed by atoms with van der Waals surface area (Å²) >= 11 is 0. The lowest BCUT2D eigenvalue weighted by Crippen LogP contribution is -2.41. The maximum absolute atomic E-state index is 12.4. The van der Waals surface area contributed by atoms with E-state index in [1.165, 1.54) is 6.21 Å². The first kappa shape index (κ1) is 19.4. The fourth-order valence-electron chi connectivity index (χ4n) is 2.25. The minimum Gasteiger partial charge on any atom is -0.480 e. The number of imide groups is 1. The number of hydrogen-bond donors (Lipinski definition) is 2. The Balaban J connectivity index is 0.00000288. The number of oxime groups is 1. The summed E-state index contributed by atoms with van der Waals surface area (Å²) in [6.07, 6.45) is 1.53. The molecule has 9 heteroatoms. The third-order valence-corrected chi connectivity index (χ3v) is 3.46. The summed E-state index contributed by atoms with van der Waals surface area (Å²) in [6.45, 7) is 3.16. The van der Waals surface area contributed by atoms with Crippen LogP contribution in [0.2, 0.25) is 0 Å². The third kappa shape index (κ3) is 3.83. The van der Waals surface area contributed by atoms with E-state index in [1.807, 2.05) is 6.92 Å². The number of carboxylic acid groups (broad SMARTS) is 1. The molecule has 0 radical (unpaired) electrons. The van der Waals surface area contributed by atoms with E-state index in [4.69, 9.17) is 9.94 Å².